The minimum Gasteiger partial charge on any atom is -0.457 e. The third-order valence-corrected chi connectivity index (χ3v) is 3.95. The Balaban J connectivity index is 1.87. The molecule has 0 spiro atoms. The number of nitrogens with zero attached hydrogens (tertiary/aromatic N) is 1. The first kappa shape index (κ1) is 20.5. The van der Waals surface area contributed by atoms with Crippen molar-refractivity contribution in [3.63, 3.8) is 0 Å². The zero-order chi connectivity index (χ0) is 19.8. The molecule has 144 valence electrons. The summed E-state index contributed by atoms with van der Waals surface area (Å²) in [4.78, 5) is 22.8. The largest absolute Gasteiger partial charge is 0.457 e. The molecule has 0 saturated heterocycles. The van der Waals surface area contributed by atoms with E-state index < -0.39 is 18.0 Å². The molecule has 0 saturated carbocycles. The summed E-state index contributed by atoms with van der Waals surface area (Å²) in [5.41, 5.74) is 5.90. The van der Waals surface area contributed by atoms with Crippen molar-refractivity contribution in [1.82, 2.24) is 10.4 Å². The zero-order valence-electron chi connectivity index (χ0n) is 14.9. The monoisotopic (exact) mass is 391 g/mol. The lowest BCUT2D eigenvalue weighted by atomic mass is 10.1. The Kier molecular flexibility index (Phi) is 7.45. The Morgan fingerprint density at radius 3 is 2.59 bits per heavy atom. The van der Waals surface area contributed by atoms with Gasteiger partial charge in [-0.25, -0.2) is 9.86 Å². The molecule has 1 atom stereocenters. The van der Waals surface area contributed by atoms with Gasteiger partial charge in [-0.3, -0.25) is 10.0 Å². The molecule has 27 heavy (non-hydrogen) atoms. The maximum Gasteiger partial charge on any atom is 0.312 e. The smallest absolute Gasteiger partial charge is 0.312 e. The van der Waals surface area contributed by atoms with Gasteiger partial charge in [-0.15, -0.1) is 0 Å². The number of carbonyl (C=O) groups is 2. The molecule has 4 N–H and O–H groups in total. The Hall–Kier alpha value is -2.77. The average molecular weight is 392 g/mol. The topological polar surface area (TPSA) is 105 Å². The van der Waals surface area contributed by atoms with E-state index in [1.807, 2.05) is 24.3 Å². The van der Waals surface area contributed by atoms with E-state index in [-0.39, 0.29) is 13.0 Å². The van der Waals surface area contributed by atoms with Crippen LogP contribution in [0.2, 0.25) is 5.02 Å². The third kappa shape index (κ3) is 7.16. The van der Waals surface area contributed by atoms with Gasteiger partial charge in [0.1, 0.15) is 11.5 Å². The highest BCUT2D eigenvalue weighted by atomic mass is 35.5. The van der Waals surface area contributed by atoms with Gasteiger partial charge in [-0.05, 0) is 55.3 Å². The highest BCUT2D eigenvalue weighted by Gasteiger charge is 2.15. The first-order valence-electron chi connectivity index (χ1n) is 8.41. The predicted molar refractivity (Wildman–Crippen MR) is 102 cm³/mol. The molecule has 1 unspecified atom stereocenters. The second kappa shape index (κ2) is 9.80. The first-order chi connectivity index (χ1) is 12.8. The lowest BCUT2D eigenvalue weighted by molar-refractivity contribution is -0.166. The summed E-state index contributed by atoms with van der Waals surface area (Å²) in [7, 11) is 0. The molecule has 7 nitrogen and oxygen atoms in total. The van der Waals surface area contributed by atoms with Crippen molar-refractivity contribution >= 4 is 23.5 Å². The van der Waals surface area contributed by atoms with Crippen LogP contribution in [0, 0.1) is 0 Å². The van der Waals surface area contributed by atoms with Gasteiger partial charge >= 0.3 is 6.03 Å². The molecule has 0 heterocycles. The minimum absolute atomic E-state index is 0.0402. The van der Waals surface area contributed by atoms with Crippen LogP contribution in [0.3, 0.4) is 0 Å². The van der Waals surface area contributed by atoms with Crippen LogP contribution >= 0.6 is 11.6 Å². The van der Waals surface area contributed by atoms with Crippen LogP contribution in [0.25, 0.3) is 0 Å². The summed E-state index contributed by atoms with van der Waals surface area (Å²) in [6, 6.07) is 13.2. The van der Waals surface area contributed by atoms with Crippen LogP contribution in [-0.4, -0.2) is 34.8 Å². The quantitative estimate of drug-likeness (QED) is 0.474. The highest BCUT2D eigenvalue weighted by Crippen LogP contribution is 2.24. The van der Waals surface area contributed by atoms with Gasteiger partial charge in [-0.1, -0.05) is 23.7 Å². The maximum atomic E-state index is 12.0. The normalized spacial score (nSPS) is 11.5. The molecule has 0 aliphatic heterocycles. The lowest BCUT2D eigenvalue weighted by Gasteiger charge is -2.19. The van der Waals surface area contributed by atoms with Crippen LogP contribution in [0.4, 0.5) is 4.79 Å². The number of hydrogen-bond donors (Lipinski definition) is 3. The molecule has 2 rings (SSSR count). The zero-order valence-corrected chi connectivity index (χ0v) is 15.6. The Bertz CT molecular complexity index is 783. The number of nitrogens with one attached hydrogen (secondary N) is 1. The number of amides is 3. The number of primary amides is 1. The molecule has 2 aromatic rings. The lowest BCUT2D eigenvalue weighted by Crippen LogP contribution is -2.44. The number of nitrogens with two attached hydrogens (primary N) is 1. The second-order valence-electron chi connectivity index (χ2n) is 6.09. The SMILES string of the molecule is CC(CN(O)C(=O)CCc1cccc(Oc2ccc(Cl)cc2)c1)NC(N)=O. The number of aryl methyl sites for hydroxylation is 1. The van der Waals surface area contributed by atoms with Gasteiger partial charge in [0.05, 0.1) is 6.54 Å². The van der Waals surface area contributed by atoms with E-state index in [0.717, 1.165) is 5.56 Å². The summed E-state index contributed by atoms with van der Waals surface area (Å²) in [5.74, 6) is 0.852. The number of urea groups is 1. The van der Waals surface area contributed by atoms with Crippen molar-refractivity contribution in [1.29, 1.82) is 0 Å². The average Bonchev–Trinajstić information content (AvgIpc) is 2.61. The van der Waals surface area contributed by atoms with Gasteiger partial charge in [0.2, 0.25) is 5.91 Å². The van der Waals surface area contributed by atoms with Gasteiger partial charge in [-0.2, -0.15) is 0 Å². The van der Waals surface area contributed by atoms with E-state index in [2.05, 4.69) is 5.32 Å². The fraction of sp³-hybridized carbons (Fsp3) is 0.263. The summed E-state index contributed by atoms with van der Waals surface area (Å²) >= 11 is 5.85. The molecular weight excluding hydrogens is 370 g/mol. The van der Waals surface area contributed by atoms with Gasteiger partial charge in [0.15, 0.2) is 0 Å². The van der Waals surface area contributed by atoms with Crippen molar-refractivity contribution in [3.05, 3.63) is 59.1 Å². The predicted octanol–water partition coefficient (Wildman–Crippen LogP) is 3.34. The third-order valence-electron chi connectivity index (χ3n) is 3.70. The van der Waals surface area contributed by atoms with Crippen LogP contribution < -0.4 is 15.8 Å². The van der Waals surface area contributed by atoms with Crippen LogP contribution in [0.1, 0.15) is 18.9 Å². The molecule has 0 fully saturated rings. The second-order valence-corrected chi connectivity index (χ2v) is 6.53. The van der Waals surface area contributed by atoms with Gasteiger partial charge < -0.3 is 15.8 Å². The van der Waals surface area contributed by atoms with Crippen LogP contribution in [0.5, 0.6) is 11.5 Å². The Morgan fingerprint density at radius 2 is 1.93 bits per heavy atom. The fourth-order valence-corrected chi connectivity index (χ4v) is 2.56. The molecule has 2 aromatic carbocycles. The van der Waals surface area contributed by atoms with E-state index in [1.165, 1.54) is 0 Å². The maximum absolute atomic E-state index is 12.0. The van der Waals surface area contributed by atoms with E-state index in [4.69, 9.17) is 22.1 Å². The van der Waals surface area contributed by atoms with Crippen molar-refractivity contribution in [2.45, 2.75) is 25.8 Å². The summed E-state index contributed by atoms with van der Waals surface area (Å²) in [6.07, 6.45) is 0.551. The first-order valence-corrected chi connectivity index (χ1v) is 8.79. The summed E-state index contributed by atoms with van der Waals surface area (Å²) < 4.78 is 5.76. The number of carbonyl (C=O) groups excluding carboxylic acids is 2. The molecule has 8 heteroatoms. The molecule has 0 aliphatic rings. The number of hydrogen-bond acceptors (Lipinski definition) is 4. The van der Waals surface area contributed by atoms with E-state index in [1.54, 1.807) is 31.2 Å². The number of halogens is 1. The molecule has 0 aromatic heterocycles. The van der Waals surface area contributed by atoms with E-state index in [9.17, 15) is 14.8 Å². The van der Waals surface area contributed by atoms with Crippen molar-refractivity contribution in [3.8, 4) is 11.5 Å². The van der Waals surface area contributed by atoms with E-state index >= 15 is 0 Å². The molecule has 0 radical (unpaired) electrons. The Labute approximate surface area is 162 Å². The van der Waals surface area contributed by atoms with Crippen molar-refractivity contribution in [2.24, 2.45) is 5.73 Å². The molecule has 0 aliphatic carbocycles. The van der Waals surface area contributed by atoms with Gasteiger partial charge in [0.25, 0.3) is 0 Å². The fourth-order valence-electron chi connectivity index (χ4n) is 2.43. The number of ether oxygens (including phenoxy) is 1. The van der Waals surface area contributed by atoms with Crippen molar-refractivity contribution < 1.29 is 19.5 Å². The standard InChI is InChI=1S/C19H22ClN3O4/c1-13(22-19(21)25)12-23(26)18(24)10-5-14-3-2-4-17(11-14)27-16-8-6-15(20)7-9-16/h2-4,6-9,11,13,26H,5,10,12H2,1H3,(H3,21,22,25). The van der Waals surface area contributed by atoms with Crippen LogP contribution in [0.15, 0.2) is 48.5 Å². The Morgan fingerprint density at radius 1 is 1.22 bits per heavy atom. The molecule has 0 bridgehead atoms. The number of benzene rings is 2. The summed E-state index contributed by atoms with van der Waals surface area (Å²) in [6.45, 7) is 1.60. The molecule has 3 amide bonds. The summed E-state index contributed by atoms with van der Waals surface area (Å²) in [5, 5.41) is 13.4. The van der Waals surface area contributed by atoms with Gasteiger partial charge in [0, 0.05) is 17.5 Å². The molecular formula is C19H22ClN3O4. The number of rotatable bonds is 8. The number of hydroxylamine groups is 2. The van der Waals surface area contributed by atoms with Crippen LogP contribution in [-0.2, 0) is 11.2 Å². The minimum atomic E-state index is -0.708. The van der Waals surface area contributed by atoms with Crippen molar-refractivity contribution in [2.75, 3.05) is 6.54 Å². The highest BCUT2D eigenvalue weighted by molar-refractivity contribution is 6.30. The van der Waals surface area contributed by atoms with E-state index in [0.29, 0.717) is 28.0 Å².